The van der Waals surface area contributed by atoms with E-state index in [9.17, 15) is 0 Å². The lowest BCUT2D eigenvalue weighted by atomic mass is 10.0. The van der Waals surface area contributed by atoms with Gasteiger partial charge in [-0.1, -0.05) is 160 Å². The van der Waals surface area contributed by atoms with Gasteiger partial charge in [0.2, 0.25) is 0 Å². The lowest BCUT2D eigenvalue weighted by Gasteiger charge is -2.26. The summed E-state index contributed by atoms with van der Waals surface area (Å²) in [5, 5.41) is 0. The first-order valence-corrected chi connectivity index (χ1v) is 14.6. The Morgan fingerprint density at radius 3 is 1.02 bits per heavy atom. The topological polar surface area (TPSA) is 3.24 Å². The van der Waals surface area contributed by atoms with E-state index in [4.69, 9.17) is 0 Å². The van der Waals surface area contributed by atoms with Gasteiger partial charge in [-0.15, -0.1) is 0 Å². The van der Waals surface area contributed by atoms with Crippen LogP contribution in [0.4, 0.5) is 17.1 Å². The first kappa shape index (κ1) is 28.4. The molecule has 5 aromatic carbocycles. The SMILES string of the molecule is CC(C)c1ccc(N(c2ccc(/C=C/C=C/c3ccccc3)cc2)c2ccc(/C=C/C=C/c3ccccc3)cc2)cc1. The predicted octanol–water partition coefficient (Wildman–Crippen LogP) is 11.7. The molecule has 0 bridgehead atoms. The van der Waals surface area contributed by atoms with E-state index < -0.39 is 0 Å². The average molecular weight is 544 g/mol. The zero-order valence-electron chi connectivity index (χ0n) is 24.3. The fraction of sp³-hybridized carbons (Fsp3) is 0.0732. The average Bonchev–Trinajstić information content (AvgIpc) is 3.04. The summed E-state index contributed by atoms with van der Waals surface area (Å²) in [6.07, 6.45) is 16.9. The molecule has 0 unspecified atom stereocenters. The van der Waals surface area contributed by atoms with Gasteiger partial charge < -0.3 is 4.90 Å². The molecular weight excluding hydrogens is 506 g/mol. The highest BCUT2D eigenvalue weighted by Gasteiger charge is 2.13. The number of nitrogens with zero attached hydrogens (tertiary/aromatic N) is 1. The maximum absolute atomic E-state index is 2.32. The number of hydrogen-bond donors (Lipinski definition) is 0. The zero-order chi connectivity index (χ0) is 29.0. The van der Waals surface area contributed by atoms with Gasteiger partial charge in [0.15, 0.2) is 0 Å². The fourth-order valence-corrected chi connectivity index (χ4v) is 4.72. The van der Waals surface area contributed by atoms with Crippen LogP contribution in [0, 0.1) is 0 Å². The Hall–Kier alpha value is -5.14. The highest BCUT2D eigenvalue weighted by Crippen LogP contribution is 2.35. The zero-order valence-corrected chi connectivity index (χ0v) is 24.3. The molecule has 42 heavy (non-hydrogen) atoms. The van der Waals surface area contributed by atoms with Crippen LogP contribution in [0.25, 0.3) is 24.3 Å². The minimum Gasteiger partial charge on any atom is -0.311 e. The molecule has 0 aliphatic rings. The molecule has 0 heterocycles. The Labute approximate surface area is 251 Å². The standard InChI is InChI=1S/C41H37N/c1-33(2)38-25-31-41(32-26-38)42(39-27-21-36(22-28-39)19-11-9-17-34-13-5-3-6-14-34)40-29-23-37(24-30-40)20-12-10-18-35-15-7-4-8-16-35/h3-33H,1-2H3/b17-9+,18-10+,19-11+,20-12+. The summed E-state index contributed by atoms with van der Waals surface area (Å²) >= 11 is 0. The highest BCUT2D eigenvalue weighted by atomic mass is 15.1. The van der Waals surface area contributed by atoms with Crippen molar-refractivity contribution in [2.75, 3.05) is 4.90 Å². The lowest BCUT2D eigenvalue weighted by Crippen LogP contribution is -2.10. The van der Waals surface area contributed by atoms with Crippen LogP contribution in [0.15, 0.2) is 158 Å². The summed E-state index contributed by atoms with van der Waals surface area (Å²) in [5.74, 6) is 0.497. The Balaban J connectivity index is 1.35. The minimum absolute atomic E-state index is 0.497. The Bertz CT molecular complexity index is 1530. The van der Waals surface area contributed by atoms with Crippen molar-refractivity contribution in [3.63, 3.8) is 0 Å². The van der Waals surface area contributed by atoms with Crippen molar-refractivity contribution in [3.05, 3.63) is 186 Å². The van der Waals surface area contributed by atoms with E-state index in [1.807, 2.05) is 12.1 Å². The molecule has 0 saturated heterocycles. The highest BCUT2D eigenvalue weighted by molar-refractivity contribution is 5.78. The third-order valence-corrected chi connectivity index (χ3v) is 7.10. The largest absolute Gasteiger partial charge is 0.311 e. The maximum atomic E-state index is 2.32. The second kappa shape index (κ2) is 14.5. The van der Waals surface area contributed by atoms with Crippen molar-refractivity contribution in [1.82, 2.24) is 0 Å². The quantitative estimate of drug-likeness (QED) is 0.158. The molecule has 0 aliphatic carbocycles. The van der Waals surface area contributed by atoms with Crippen LogP contribution in [0.2, 0.25) is 0 Å². The van der Waals surface area contributed by atoms with E-state index in [0.29, 0.717) is 5.92 Å². The molecule has 0 aromatic heterocycles. The third-order valence-electron chi connectivity index (χ3n) is 7.10. The molecule has 0 amide bonds. The Morgan fingerprint density at radius 1 is 0.381 bits per heavy atom. The molecular formula is C41H37N. The van der Waals surface area contributed by atoms with Crippen LogP contribution < -0.4 is 4.90 Å². The summed E-state index contributed by atoms with van der Waals surface area (Å²) < 4.78 is 0. The summed E-state index contributed by atoms with van der Waals surface area (Å²) in [6, 6.07) is 47.1. The number of benzene rings is 5. The number of rotatable bonds is 10. The molecule has 206 valence electrons. The van der Waals surface area contributed by atoms with Gasteiger partial charge in [0.05, 0.1) is 0 Å². The van der Waals surface area contributed by atoms with Crippen LogP contribution in [0.3, 0.4) is 0 Å². The van der Waals surface area contributed by atoms with Crippen molar-refractivity contribution in [2.24, 2.45) is 0 Å². The van der Waals surface area contributed by atoms with Gasteiger partial charge in [-0.05, 0) is 70.1 Å². The molecule has 1 heteroatoms. The van der Waals surface area contributed by atoms with Crippen LogP contribution >= 0.6 is 0 Å². The van der Waals surface area contributed by atoms with Gasteiger partial charge in [-0.3, -0.25) is 0 Å². The summed E-state index contributed by atoms with van der Waals surface area (Å²) in [4.78, 5) is 2.32. The number of allylic oxidation sites excluding steroid dienone is 4. The van der Waals surface area contributed by atoms with Gasteiger partial charge in [0, 0.05) is 17.1 Å². The number of hydrogen-bond acceptors (Lipinski definition) is 1. The van der Waals surface area contributed by atoms with Crippen molar-refractivity contribution in [1.29, 1.82) is 0 Å². The Morgan fingerprint density at radius 2 is 0.690 bits per heavy atom. The number of anilines is 3. The molecule has 0 spiro atoms. The van der Waals surface area contributed by atoms with Crippen LogP contribution in [-0.4, -0.2) is 0 Å². The van der Waals surface area contributed by atoms with Crippen molar-refractivity contribution in [3.8, 4) is 0 Å². The minimum atomic E-state index is 0.497. The van der Waals surface area contributed by atoms with Crippen LogP contribution in [0.5, 0.6) is 0 Å². The third kappa shape index (κ3) is 7.96. The van der Waals surface area contributed by atoms with Gasteiger partial charge in [-0.2, -0.15) is 0 Å². The smallest absolute Gasteiger partial charge is 0.0462 e. The van der Waals surface area contributed by atoms with Crippen molar-refractivity contribution >= 4 is 41.4 Å². The maximum Gasteiger partial charge on any atom is 0.0462 e. The van der Waals surface area contributed by atoms with Gasteiger partial charge in [-0.25, -0.2) is 0 Å². The second-order valence-corrected chi connectivity index (χ2v) is 10.5. The van der Waals surface area contributed by atoms with Crippen molar-refractivity contribution in [2.45, 2.75) is 19.8 Å². The fourth-order valence-electron chi connectivity index (χ4n) is 4.72. The Kier molecular flexibility index (Phi) is 9.79. The van der Waals surface area contributed by atoms with E-state index >= 15 is 0 Å². The predicted molar refractivity (Wildman–Crippen MR) is 184 cm³/mol. The molecule has 0 fully saturated rings. The van der Waals surface area contributed by atoms with E-state index in [1.54, 1.807) is 0 Å². The molecule has 0 aliphatic heterocycles. The van der Waals surface area contributed by atoms with Gasteiger partial charge in [0.25, 0.3) is 0 Å². The molecule has 0 saturated carbocycles. The molecule has 0 radical (unpaired) electrons. The van der Waals surface area contributed by atoms with E-state index in [0.717, 1.165) is 28.2 Å². The first-order valence-electron chi connectivity index (χ1n) is 14.6. The van der Waals surface area contributed by atoms with Crippen molar-refractivity contribution < 1.29 is 0 Å². The summed E-state index contributed by atoms with van der Waals surface area (Å²) in [7, 11) is 0. The molecule has 5 rings (SSSR count). The first-order chi connectivity index (χ1) is 20.7. The lowest BCUT2D eigenvalue weighted by molar-refractivity contribution is 0.866. The molecule has 5 aromatic rings. The van der Waals surface area contributed by atoms with Gasteiger partial charge >= 0.3 is 0 Å². The van der Waals surface area contributed by atoms with E-state index in [1.165, 1.54) is 16.7 Å². The van der Waals surface area contributed by atoms with Crippen LogP contribution in [0.1, 0.15) is 47.6 Å². The second-order valence-electron chi connectivity index (χ2n) is 10.5. The van der Waals surface area contributed by atoms with E-state index in [-0.39, 0.29) is 0 Å². The monoisotopic (exact) mass is 543 g/mol. The molecule has 0 atom stereocenters. The summed E-state index contributed by atoms with van der Waals surface area (Å²) in [6.45, 7) is 4.46. The van der Waals surface area contributed by atoms with Crippen LogP contribution in [-0.2, 0) is 0 Å². The van der Waals surface area contributed by atoms with Gasteiger partial charge in [0.1, 0.15) is 0 Å². The van der Waals surface area contributed by atoms with E-state index in [2.05, 4.69) is 189 Å². The molecule has 0 N–H and O–H groups in total. The normalized spacial score (nSPS) is 11.9. The summed E-state index contributed by atoms with van der Waals surface area (Å²) in [5.41, 5.74) is 9.45. The molecule has 1 nitrogen and oxygen atoms in total.